The number of ether oxygens (including phenoxy) is 2. The number of nitrogens with one attached hydrogen (secondary N) is 1. The molecule has 1 aliphatic heterocycles. The van der Waals surface area contributed by atoms with E-state index in [1.54, 1.807) is 0 Å². The van der Waals surface area contributed by atoms with E-state index in [9.17, 15) is 0 Å². The van der Waals surface area contributed by atoms with Crippen LogP contribution in [0.15, 0.2) is 66.9 Å². The van der Waals surface area contributed by atoms with E-state index in [0.29, 0.717) is 19.8 Å². The Balaban J connectivity index is 1.25. The molecule has 1 aromatic carbocycles. The average Bonchev–Trinajstić information content (AvgIpc) is 2.78. The zero-order chi connectivity index (χ0) is 20.6. The number of aromatic nitrogens is 2. The van der Waals surface area contributed by atoms with Crippen LogP contribution in [0.4, 0.5) is 11.5 Å². The fourth-order valence-electron chi connectivity index (χ4n) is 3.47. The van der Waals surface area contributed by atoms with Crippen molar-refractivity contribution in [2.75, 3.05) is 38.2 Å². The number of rotatable bonds is 8. The van der Waals surface area contributed by atoms with E-state index in [4.69, 9.17) is 9.47 Å². The first kappa shape index (κ1) is 20.5. The number of benzene rings is 1. The van der Waals surface area contributed by atoms with E-state index in [1.807, 2.05) is 61.7 Å². The van der Waals surface area contributed by atoms with Gasteiger partial charge in [-0.1, -0.05) is 36.4 Å². The lowest BCUT2D eigenvalue weighted by atomic mass is 10.2. The second-order valence-corrected chi connectivity index (χ2v) is 7.46. The standard InChI is InChI=1S/C24H28N4O2/c1-19-6-5-9-24(26-19)27-21-10-11-22(25-16-21)23-17-28(13-15-30-23)12-14-29-18-20-7-3-2-4-8-20/h2-11,16,23H,12-15,17-18H2,1H3,(H,26,27). The van der Waals surface area contributed by atoms with Crippen molar-refractivity contribution in [3.8, 4) is 0 Å². The molecule has 6 heteroatoms. The minimum Gasteiger partial charge on any atom is -0.375 e. The van der Waals surface area contributed by atoms with Gasteiger partial charge >= 0.3 is 0 Å². The molecular weight excluding hydrogens is 376 g/mol. The summed E-state index contributed by atoms with van der Waals surface area (Å²) in [6.07, 6.45) is 1.82. The Morgan fingerprint density at radius 2 is 2.00 bits per heavy atom. The molecule has 4 rings (SSSR count). The molecule has 156 valence electrons. The fraction of sp³-hybridized carbons (Fsp3) is 0.333. The maximum atomic E-state index is 5.97. The predicted molar refractivity (Wildman–Crippen MR) is 118 cm³/mol. The SMILES string of the molecule is Cc1cccc(Nc2ccc(C3CN(CCOCc4ccccc4)CCO3)nc2)n1. The van der Waals surface area contributed by atoms with E-state index in [1.165, 1.54) is 5.56 Å². The minimum absolute atomic E-state index is 0.0148. The molecule has 0 radical (unpaired) electrons. The Kier molecular flexibility index (Phi) is 7.03. The van der Waals surface area contributed by atoms with Crippen LogP contribution in [0.25, 0.3) is 0 Å². The molecule has 3 aromatic rings. The van der Waals surface area contributed by atoms with Gasteiger partial charge in [-0.05, 0) is 36.8 Å². The average molecular weight is 405 g/mol. The van der Waals surface area contributed by atoms with Crippen molar-refractivity contribution in [1.82, 2.24) is 14.9 Å². The van der Waals surface area contributed by atoms with Crippen molar-refractivity contribution in [2.24, 2.45) is 0 Å². The van der Waals surface area contributed by atoms with Gasteiger partial charge in [0.05, 0.1) is 37.4 Å². The van der Waals surface area contributed by atoms with E-state index < -0.39 is 0 Å². The van der Waals surface area contributed by atoms with Crippen molar-refractivity contribution in [3.63, 3.8) is 0 Å². The number of hydrogen-bond acceptors (Lipinski definition) is 6. The summed E-state index contributed by atoms with van der Waals surface area (Å²) in [6, 6.07) is 20.2. The zero-order valence-corrected chi connectivity index (χ0v) is 17.3. The molecule has 2 aromatic heterocycles. The molecule has 1 unspecified atom stereocenters. The van der Waals surface area contributed by atoms with Crippen LogP contribution in [0, 0.1) is 6.92 Å². The van der Waals surface area contributed by atoms with Gasteiger partial charge < -0.3 is 14.8 Å². The summed E-state index contributed by atoms with van der Waals surface area (Å²) in [7, 11) is 0. The highest BCUT2D eigenvalue weighted by molar-refractivity contribution is 5.54. The van der Waals surface area contributed by atoms with Gasteiger partial charge in [-0.3, -0.25) is 9.88 Å². The first-order valence-corrected chi connectivity index (χ1v) is 10.4. The van der Waals surface area contributed by atoms with Gasteiger partial charge in [0.1, 0.15) is 11.9 Å². The third-order valence-corrected chi connectivity index (χ3v) is 5.09. The normalized spacial score (nSPS) is 17.0. The summed E-state index contributed by atoms with van der Waals surface area (Å²) in [5.41, 5.74) is 4.05. The van der Waals surface area contributed by atoms with Crippen LogP contribution in [0.1, 0.15) is 23.1 Å². The predicted octanol–water partition coefficient (Wildman–Crippen LogP) is 4.12. The highest BCUT2D eigenvalue weighted by Gasteiger charge is 2.22. The Labute approximate surface area is 177 Å². The van der Waals surface area contributed by atoms with Crippen LogP contribution in [0.5, 0.6) is 0 Å². The van der Waals surface area contributed by atoms with Gasteiger partial charge in [0.15, 0.2) is 0 Å². The smallest absolute Gasteiger partial charge is 0.130 e. The summed E-state index contributed by atoms with van der Waals surface area (Å²) in [5.74, 6) is 0.820. The quantitative estimate of drug-likeness (QED) is 0.570. The van der Waals surface area contributed by atoms with Gasteiger partial charge in [-0.15, -0.1) is 0 Å². The van der Waals surface area contributed by atoms with Crippen molar-refractivity contribution in [3.05, 3.63) is 83.8 Å². The lowest BCUT2D eigenvalue weighted by Crippen LogP contribution is -2.40. The number of nitrogens with zero attached hydrogens (tertiary/aromatic N) is 3. The van der Waals surface area contributed by atoms with E-state index >= 15 is 0 Å². The van der Waals surface area contributed by atoms with Crippen LogP contribution in [-0.2, 0) is 16.1 Å². The van der Waals surface area contributed by atoms with Gasteiger partial charge in [0, 0.05) is 25.3 Å². The maximum Gasteiger partial charge on any atom is 0.130 e. The van der Waals surface area contributed by atoms with E-state index in [-0.39, 0.29) is 6.10 Å². The molecule has 0 aliphatic carbocycles. The first-order chi connectivity index (χ1) is 14.8. The van der Waals surface area contributed by atoms with Crippen LogP contribution in [0.3, 0.4) is 0 Å². The zero-order valence-electron chi connectivity index (χ0n) is 17.3. The largest absolute Gasteiger partial charge is 0.375 e. The van der Waals surface area contributed by atoms with Crippen molar-refractivity contribution in [2.45, 2.75) is 19.6 Å². The molecular formula is C24H28N4O2. The third-order valence-electron chi connectivity index (χ3n) is 5.09. The van der Waals surface area contributed by atoms with Gasteiger partial charge in [-0.2, -0.15) is 0 Å². The Morgan fingerprint density at radius 1 is 1.10 bits per heavy atom. The Hall–Kier alpha value is -2.80. The molecule has 0 bridgehead atoms. The number of pyridine rings is 2. The molecule has 1 saturated heterocycles. The third kappa shape index (κ3) is 5.86. The number of anilines is 2. The molecule has 3 heterocycles. The number of aryl methyl sites for hydroxylation is 1. The summed E-state index contributed by atoms with van der Waals surface area (Å²) < 4.78 is 11.8. The molecule has 1 N–H and O–H groups in total. The fourth-order valence-corrected chi connectivity index (χ4v) is 3.47. The first-order valence-electron chi connectivity index (χ1n) is 10.4. The summed E-state index contributed by atoms with van der Waals surface area (Å²) >= 11 is 0. The molecule has 1 aliphatic rings. The molecule has 0 saturated carbocycles. The molecule has 1 atom stereocenters. The van der Waals surface area contributed by atoms with Crippen molar-refractivity contribution >= 4 is 11.5 Å². The second-order valence-electron chi connectivity index (χ2n) is 7.46. The highest BCUT2D eigenvalue weighted by atomic mass is 16.5. The summed E-state index contributed by atoms with van der Waals surface area (Å²) in [5, 5.41) is 3.29. The van der Waals surface area contributed by atoms with Crippen molar-refractivity contribution in [1.29, 1.82) is 0 Å². The number of morpholine rings is 1. The van der Waals surface area contributed by atoms with E-state index in [0.717, 1.165) is 42.5 Å². The van der Waals surface area contributed by atoms with Crippen LogP contribution >= 0.6 is 0 Å². The Bertz CT molecular complexity index is 918. The van der Waals surface area contributed by atoms with Gasteiger partial charge in [0.25, 0.3) is 0 Å². The van der Waals surface area contributed by atoms with Crippen LogP contribution < -0.4 is 5.32 Å². The van der Waals surface area contributed by atoms with Gasteiger partial charge in [0.2, 0.25) is 0 Å². The van der Waals surface area contributed by atoms with Gasteiger partial charge in [-0.25, -0.2) is 4.98 Å². The molecule has 0 spiro atoms. The maximum absolute atomic E-state index is 5.97. The summed E-state index contributed by atoms with van der Waals surface area (Å²) in [4.78, 5) is 11.5. The summed E-state index contributed by atoms with van der Waals surface area (Å²) in [6.45, 7) is 6.69. The molecule has 1 fully saturated rings. The number of hydrogen-bond donors (Lipinski definition) is 1. The van der Waals surface area contributed by atoms with Crippen molar-refractivity contribution < 1.29 is 9.47 Å². The lowest BCUT2D eigenvalue weighted by Gasteiger charge is -2.32. The second kappa shape index (κ2) is 10.3. The molecule has 6 nitrogen and oxygen atoms in total. The lowest BCUT2D eigenvalue weighted by molar-refractivity contribution is -0.0405. The topological polar surface area (TPSA) is 59.5 Å². The van der Waals surface area contributed by atoms with Crippen LogP contribution in [0.2, 0.25) is 0 Å². The minimum atomic E-state index is -0.0148. The van der Waals surface area contributed by atoms with Crippen LogP contribution in [-0.4, -0.2) is 47.7 Å². The highest BCUT2D eigenvalue weighted by Crippen LogP contribution is 2.22. The Morgan fingerprint density at radius 3 is 2.80 bits per heavy atom. The molecule has 30 heavy (non-hydrogen) atoms. The van der Waals surface area contributed by atoms with E-state index in [2.05, 4.69) is 32.3 Å². The monoisotopic (exact) mass is 404 g/mol. The molecule has 0 amide bonds.